The zero-order chi connectivity index (χ0) is 19.6. The molecule has 0 aliphatic carbocycles. The average Bonchev–Trinajstić information content (AvgIpc) is 3.01. The van der Waals surface area contributed by atoms with Gasteiger partial charge in [0.05, 0.1) is 34.4 Å². The van der Waals surface area contributed by atoms with E-state index >= 15 is 0 Å². The number of anilines is 1. The maximum atomic E-state index is 12.9. The topological polar surface area (TPSA) is 62.3 Å². The quantitative estimate of drug-likeness (QED) is 0.859. The highest BCUT2D eigenvalue weighted by molar-refractivity contribution is 6.34. The number of hydrogen-bond acceptors (Lipinski definition) is 3. The lowest BCUT2D eigenvalue weighted by Gasteiger charge is -2.20. The van der Waals surface area contributed by atoms with E-state index in [0.717, 1.165) is 23.1 Å². The number of nitrogens with zero attached hydrogens (tertiary/aromatic N) is 2. The van der Waals surface area contributed by atoms with Crippen LogP contribution >= 0.6 is 11.6 Å². The van der Waals surface area contributed by atoms with Crippen LogP contribution in [-0.4, -0.2) is 23.3 Å². The molecule has 1 aliphatic rings. The van der Waals surface area contributed by atoms with E-state index in [1.807, 2.05) is 0 Å². The van der Waals surface area contributed by atoms with E-state index in [2.05, 4.69) is 10.3 Å². The maximum Gasteiger partial charge on any atom is 0.416 e. The SMILES string of the molecule is O=C(NCc1ccccn1)C1CC(=O)N(c2cc(C(F)(F)F)ccc2Cl)C1. The Hall–Kier alpha value is -2.61. The van der Waals surface area contributed by atoms with Crippen molar-refractivity contribution in [3.63, 3.8) is 0 Å². The van der Waals surface area contributed by atoms with E-state index in [1.54, 1.807) is 24.4 Å². The average molecular weight is 398 g/mol. The van der Waals surface area contributed by atoms with Crippen LogP contribution < -0.4 is 10.2 Å². The fourth-order valence-corrected chi connectivity index (χ4v) is 3.06. The summed E-state index contributed by atoms with van der Waals surface area (Å²) in [5.74, 6) is -1.49. The number of aromatic nitrogens is 1. The first kappa shape index (κ1) is 19.2. The summed E-state index contributed by atoms with van der Waals surface area (Å²) in [6.07, 6.45) is -3.06. The maximum absolute atomic E-state index is 12.9. The van der Waals surface area contributed by atoms with Gasteiger partial charge in [-0.05, 0) is 30.3 Å². The van der Waals surface area contributed by atoms with Crippen LogP contribution in [0.25, 0.3) is 0 Å². The van der Waals surface area contributed by atoms with Crippen LogP contribution in [0.4, 0.5) is 18.9 Å². The Kier molecular flexibility index (Phi) is 5.36. The number of hydrogen-bond donors (Lipinski definition) is 1. The summed E-state index contributed by atoms with van der Waals surface area (Å²) in [5, 5.41) is 2.71. The predicted octanol–water partition coefficient (Wildman–Crippen LogP) is 3.42. The number of nitrogens with one attached hydrogen (secondary N) is 1. The highest BCUT2D eigenvalue weighted by Crippen LogP contribution is 2.37. The first-order valence-electron chi connectivity index (χ1n) is 8.10. The largest absolute Gasteiger partial charge is 0.416 e. The Balaban J connectivity index is 1.71. The van der Waals surface area contributed by atoms with Gasteiger partial charge in [0.15, 0.2) is 0 Å². The molecular weight excluding hydrogens is 383 g/mol. The van der Waals surface area contributed by atoms with Crippen molar-refractivity contribution in [2.45, 2.75) is 19.1 Å². The summed E-state index contributed by atoms with van der Waals surface area (Å²) in [6, 6.07) is 8.05. The molecule has 2 amide bonds. The fourth-order valence-electron chi connectivity index (χ4n) is 2.84. The molecule has 0 bridgehead atoms. The van der Waals surface area contributed by atoms with Crippen molar-refractivity contribution < 1.29 is 22.8 Å². The summed E-state index contributed by atoms with van der Waals surface area (Å²) in [5.41, 5.74) is -0.290. The van der Waals surface area contributed by atoms with Crippen molar-refractivity contribution in [1.29, 1.82) is 0 Å². The van der Waals surface area contributed by atoms with E-state index in [0.29, 0.717) is 5.69 Å². The van der Waals surface area contributed by atoms with Crippen LogP contribution in [-0.2, 0) is 22.3 Å². The van der Waals surface area contributed by atoms with Crippen molar-refractivity contribution in [2.24, 2.45) is 5.92 Å². The van der Waals surface area contributed by atoms with E-state index < -0.39 is 23.6 Å². The highest BCUT2D eigenvalue weighted by atomic mass is 35.5. The van der Waals surface area contributed by atoms with Gasteiger partial charge in [-0.1, -0.05) is 17.7 Å². The Morgan fingerprint density at radius 1 is 1.30 bits per heavy atom. The van der Waals surface area contributed by atoms with Crippen molar-refractivity contribution in [1.82, 2.24) is 10.3 Å². The van der Waals surface area contributed by atoms with Gasteiger partial charge in [-0.25, -0.2) is 0 Å². The van der Waals surface area contributed by atoms with Crippen LogP contribution in [0.2, 0.25) is 5.02 Å². The number of carbonyl (C=O) groups excluding carboxylic acids is 2. The van der Waals surface area contributed by atoms with E-state index in [-0.39, 0.29) is 36.1 Å². The number of pyridine rings is 1. The minimum absolute atomic E-state index is 0.0193. The van der Waals surface area contributed by atoms with Gasteiger partial charge in [-0.15, -0.1) is 0 Å². The molecule has 1 atom stereocenters. The standard InChI is InChI=1S/C18H15ClF3N3O2/c19-14-5-4-12(18(20,21)22)8-15(14)25-10-11(7-16(25)26)17(27)24-9-13-3-1-2-6-23-13/h1-6,8,11H,7,9-10H2,(H,24,27). The Morgan fingerprint density at radius 2 is 2.07 bits per heavy atom. The molecule has 5 nitrogen and oxygen atoms in total. The molecule has 2 aromatic rings. The molecule has 1 saturated heterocycles. The third kappa shape index (κ3) is 4.39. The summed E-state index contributed by atoms with van der Waals surface area (Å²) in [7, 11) is 0. The first-order chi connectivity index (χ1) is 12.8. The Labute approximate surface area is 158 Å². The van der Waals surface area contributed by atoms with E-state index in [4.69, 9.17) is 11.6 Å². The molecule has 27 heavy (non-hydrogen) atoms. The molecule has 2 heterocycles. The lowest BCUT2D eigenvalue weighted by Crippen LogP contribution is -2.33. The Bertz CT molecular complexity index is 859. The second kappa shape index (κ2) is 7.56. The predicted molar refractivity (Wildman–Crippen MR) is 93.0 cm³/mol. The van der Waals surface area contributed by atoms with Crippen LogP contribution in [0.5, 0.6) is 0 Å². The minimum Gasteiger partial charge on any atom is -0.350 e. The smallest absolute Gasteiger partial charge is 0.350 e. The number of alkyl halides is 3. The molecule has 1 aliphatic heterocycles. The summed E-state index contributed by atoms with van der Waals surface area (Å²) in [6.45, 7) is 0.169. The minimum atomic E-state index is -4.55. The number of halogens is 4. The number of amides is 2. The third-order valence-corrected chi connectivity index (χ3v) is 4.55. The number of benzene rings is 1. The molecule has 0 saturated carbocycles. The van der Waals surface area contributed by atoms with Gasteiger partial charge in [0.25, 0.3) is 0 Å². The molecule has 1 aromatic carbocycles. The van der Waals surface area contributed by atoms with Crippen LogP contribution in [0.3, 0.4) is 0 Å². The molecule has 1 unspecified atom stereocenters. The molecule has 0 spiro atoms. The monoisotopic (exact) mass is 397 g/mol. The molecule has 142 valence electrons. The lowest BCUT2D eigenvalue weighted by molar-refractivity contribution is -0.137. The fraction of sp³-hybridized carbons (Fsp3) is 0.278. The molecule has 1 fully saturated rings. The normalized spacial score (nSPS) is 17.3. The van der Waals surface area contributed by atoms with Gasteiger partial charge in [-0.3, -0.25) is 14.6 Å². The summed E-state index contributed by atoms with van der Waals surface area (Å²) in [4.78, 5) is 29.8. The van der Waals surface area contributed by atoms with Gasteiger partial charge in [0.1, 0.15) is 0 Å². The van der Waals surface area contributed by atoms with E-state index in [1.165, 1.54) is 0 Å². The van der Waals surface area contributed by atoms with Gasteiger partial charge >= 0.3 is 6.18 Å². The van der Waals surface area contributed by atoms with Gasteiger partial charge < -0.3 is 10.2 Å². The van der Waals surface area contributed by atoms with Gasteiger partial charge in [0.2, 0.25) is 11.8 Å². The first-order valence-corrected chi connectivity index (χ1v) is 8.48. The zero-order valence-corrected chi connectivity index (χ0v) is 14.7. The molecule has 0 radical (unpaired) electrons. The highest BCUT2D eigenvalue weighted by Gasteiger charge is 2.37. The van der Waals surface area contributed by atoms with Crippen molar-refractivity contribution in [3.8, 4) is 0 Å². The lowest BCUT2D eigenvalue weighted by atomic mass is 10.1. The van der Waals surface area contributed by atoms with Crippen LogP contribution in [0, 0.1) is 5.92 Å². The van der Waals surface area contributed by atoms with E-state index in [9.17, 15) is 22.8 Å². The van der Waals surface area contributed by atoms with Crippen molar-refractivity contribution >= 4 is 29.1 Å². The number of carbonyl (C=O) groups is 2. The zero-order valence-electron chi connectivity index (χ0n) is 14.0. The molecule has 1 N–H and O–H groups in total. The molecule has 9 heteroatoms. The second-order valence-corrected chi connectivity index (χ2v) is 6.52. The molecule has 1 aromatic heterocycles. The van der Waals surface area contributed by atoms with Gasteiger partial charge in [0, 0.05) is 19.2 Å². The third-order valence-electron chi connectivity index (χ3n) is 4.23. The van der Waals surface area contributed by atoms with Crippen LogP contribution in [0.15, 0.2) is 42.6 Å². The van der Waals surface area contributed by atoms with Crippen molar-refractivity contribution in [3.05, 3.63) is 58.9 Å². The second-order valence-electron chi connectivity index (χ2n) is 6.11. The summed E-state index contributed by atoms with van der Waals surface area (Å²) < 4.78 is 38.8. The number of rotatable bonds is 4. The van der Waals surface area contributed by atoms with Crippen molar-refractivity contribution in [2.75, 3.05) is 11.4 Å². The summed E-state index contributed by atoms with van der Waals surface area (Å²) >= 11 is 5.99. The van der Waals surface area contributed by atoms with Crippen LogP contribution in [0.1, 0.15) is 17.7 Å². The molecular formula is C18H15ClF3N3O2. The molecule has 3 rings (SSSR count). The van der Waals surface area contributed by atoms with Gasteiger partial charge in [-0.2, -0.15) is 13.2 Å². The Morgan fingerprint density at radius 3 is 2.74 bits per heavy atom.